The van der Waals surface area contributed by atoms with E-state index in [0.717, 1.165) is 5.56 Å². The fourth-order valence-electron chi connectivity index (χ4n) is 1.12. The third kappa shape index (κ3) is 3.70. The monoisotopic (exact) mass is 268 g/mol. The number of hydrogen-bond acceptors (Lipinski definition) is 3. The lowest BCUT2D eigenvalue weighted by molar-refractivity contribution is -0.385. The Hall–Kier alpha value is -1.38. The van der Waals surface area contributed by atoms with Crippen LogP contribution in [0.2, 0.25) is 0 Å². The lowest BCUT2D eigenvalue weighted by atomic mass is 10.2. The topological polar surface area (TPSA) is 55.2 Å². The van der Waals surface area contributed by atoms with Crippen LogP contribution in [0.5, 0.6) is 0 Å². The highest BCUT2D eigenvalue weighted by Crippen LogP contribution is 2.21. The standard InChI is InChI=1S/C10H9BrN2O2/c1-2-3-12-7-8-4-9(11)6-10(5-8)13(14)15/h1,4-6,12H,3,7H2. The third-order valence-corrected chi connectivity index (χ3v) is 2.17. The van der Waals surface area contributed by atoms with Gasteiger partial charge in [0, 0.05) is 23.2 Å². The molecule has 4 nitrogen and oxygen atoms in total. The summed E-state index contributed by atoms with van der Waals surface area (Å²) in [5.41, 5.74) is 0.896. The normalized spacial score (nSPS) is 9.60. The zero-order chi connectivity index (χ0) is 11.3. The Labute approximate surface area is 96.0 Å². The van der Waals surface area contributed by atoms with E-state index in [1.807, 2.05) is 6.07 Å². The second-order valence-electron chi connectivity index (χ2n) is 2.88. The van der Waals surface area contributed by atoms with Gasteiger partial charge in [-0.2, -0.15) is 0 Å². The molecule has 1 N–H and O–H groups in total. The van der Waals surface area contributed by atoms with Crippen molar-refractivity contribution in [3.05, 3.63) is 38.3 Å². The Kier molecular flexibility index (Phi) is 4.28. The number of nitrogens with zero attached hydrogens (tertiary/aromatic N) is 1. The summed E-state index contributed by atoms with van der Waals surface area (Å²) in [6.07, 6.45) is 5.07. The maximum Gasteiger partial charge on any atom is 0.270 e. The van der Waals surface area contributed by atoms with E-state index in [1.54, 1.807) is 0 Å². The van der Waals surface area contributed by atoms with Crippen LogP contribution < -0.4 is 5.32 Å². The van der Waals surface area contributed by atoms with Crippen molar-refractivity contribution in [2.75, 3.05) is 6.54 Å². The first-order valence-electron chi connectivity index (χ1n) is 4.21. The van der Waals surface area contributed by atoms with Gasteiger partial charge in [0.1, 0.15) is 0 Å². The quantitative estimate of drug-likeness (QED) is 0.394. The van der Waals surface area contributed by atoms with Crippen LogP contribution >= 0.6 is 15.9 Å². The highest BCUT2D eigenvalue weighted by atomic mass is 79.9. The van der Waals surface area contributed by atoms with Gasteiger partial charge in [-0.05, 0) is 11.6 Å². The average molecular weight is 269 g/mol. The second-order valence-corrected chi connectivity index (χ2v) is 3.80. The minimum Gasteiger partial charge on any atom is -0.302 e. The summed E-state index contributed by atoms with van der Waals surface area (Å²) in [4.78, 5) is 10.1. The van der Waals surface area contributed by atoms with Gasteiger partial charge in [-0.3, -0.25) is 10.1 Å². The molecule has 0 aliphatic carbocycles. The number of terminal acetylenes is 1. The molecule has 0 bridgehead atoms. The number of nitrogens with one attached hydrogen (secondary N) is 1. The average Bonchev–Trinajstić information content (AvgIpc) is 2.17. The predicted octanol–water partition coefficient (Wildman–Crippen LogP) is 2.08. The van der Waals surface area contributed by atoms with Gasteiger partial charge >= 0.3 is 0 Å². The number of nitro benzene ring substituents is 1. The minimum absolute atomic E-state index is 0.0712. The Bertz CT molecular complexity index is 412. The maximum atomic E-state index is 10.6. The molecule has 0 spiro atoms. The maximum absolute atomic E-state index is 10.6. The van der Waals surface area contributed by atoms with Gasteiger partial charge in [0.25, 0.3) is 5.69 Å². The largest absolute Gasteiger partial charge is 0.302 e. The fraction of sp³-hybridized carbons (Fsp3) is 0.200. The lowest BCUT2D eigenvalue weighted by Crippen LogP contribution is -2.13. The van der Waals surface area contributed by atoms with Gasteiger partial charge in [0.2, 0.25) is 0 Å². The highest BCUT2D eigenvalue weighted by molar-refractivity contribution is 9.10. The van der Waals surface area contributed by atoms with Crippen LogP contribution in [0.4, 0.5) is 5.69 Å². The summed E-state index contributed by atoms with van der Waals surface area (Å²) in [6.45, 7) is 0.963. The van der Waals surface area contributed by atoms with Gasteiger partial charge in [-0.25, -0.2) is 0 Å². The lowest BCUT2D eigenvalue weighted by Gasteiger charge is -2.02. The van der Waals surface area contributed by atoms with E-state index in [2.05, 4.69) is 27.2 Å². The molecule has 0 unspecified atom stereocenters. The van der Waals surface area contributed by atoms with Crippen molar-refractivity contribution >= 4 is 21.6 Å². The molecule has 0 saturated carbocycles. The number of benzene rings is 1. The molecule has 1 aromatic carbocycles. The second kappa shape index (κ2) is 5.49. The van der Waals surface area contributed by atoms with Crippen LogP contribution in [0.3, 0.4) is 0 Å². The van der Waals surface area contributed by atoms with Crippen LogP contribution in [0, 0.1) is 22.5 Å². The minimum atomic E-state index is -0.421. The zero-order valence-electron chi connectivity index (χ0n) is 7.87. The number of nitro groups is 1. The SMILES string of the molecule is C#CCNCc1cc(Br)cc([N+](=O)[O-])c1. The van der Waals surface area contributed by atoms with Crippen molar-refractivity contribution in [3.8, 4) is 12.3 Å². The summed E-state index contributed by atoms with van der Waals surface area (Å²) >= 11 is 3.22. The number of halogens is 1. The molecule has 0 atom stereocenters. The molecule has 78 valence electrons. The molecule has 0 amide bonds. The Balaban J connectivity index is 2.80. The molecule has 15 heavy (non-hydrogen) atoms. The van der Waals surface area contributed by atoms with Crippen molar-refractivity contribution in [1.82, 2.24) is 5.32 Å². The summed E-state index contributed by atoms with van der Waals surface area (Å²) in [5, 5.41) is 13.5. The van der Waals surface area contributed by atoms with Gasteiger partial charge in [-0.1, -0.05) is 21.9 Å². The van der Waals surface area contributed by atoms with Crippen LogP contribution in [0.1, 0.15) is 5.56 Å². The predicted molar refractivity (Wildman–Crippen MR) is 61.3 cm³/mol. The first-order valence-corrected chi connectivity index (χ1v) is 5.01. The Morgan fingerprint density at radius 1 is 1.53 bits per heavy atom. The summed E-state index contributed by atoms with van der Waals surface area (Å²) < 4.78 is 0.689. The van der Waals surface area contributed by atoms with Crippen LogP contribution in [0.15, 0.2) is 22.7 Å². The van der Waals surface area contributed by atoms with Gasteiger partial charge in [0.05, 0.1) is 11.5 Å². The molecule has 1 aromatic rings. The van der Waals surface area contributed by atoms with Crippen molar-refractivity contribution in [2.45, 2.75) is 6.54 Å². The van der Waals surface area contributed by atoms with Crippen molar-refractivity contribution in [2.24, 2.45) is 0 Å². The summed E-state index contributed by atoms with van der Waals surface area (Å²) in [6, 6.07) is 4.80. The van der Waals surface area contributed by atoms with Gasteiger partial charge < -0.3 is 5.32 Å². The molecule has 1 rings (SSSR count). The first-order chi connectivity index (χ1) is 7.13. The number of non-ortho nitro benzene ring substituents is 1. The van der Waals surface area contributed by atoms with E-state index in [0.29, 0.717) is 17.6 Å². The molecule has 0 radical (unpaired) electrons. The zero-order valence-corrected chi connectivity index (χ0v) is 9.45. The van der Waals surface area contributed by atoms with Crippen molar-refractivity contribution in [3.63, 3.8) is 0 Å². The Morgan fingerprint density at radius 3 is 2.87 bits per heavy atom. The molecule has 0 aliphatic heterocycles. The summed E-state index contributed by atoms with van der Waals surface area (Å²) in [5.74, 6) is 2.43. The van der Waals surface area contributed by atoms with Gasteiger partial charge in [-0.15, -0.1) is 6.42 Å². The van der Waals surface area contributed by atoms with Gasteiger partial charge in [0.15, 0.2) is 0 Å². The van der Waals surface area contributed by atoms with E-state index in [9.17, 15) is 10.1 Å². The first kappa shape index (κ1) is 11.7. The number of rotatable bonds is 4. The molecule has 0 aromatic heterocycles. The number of hydrogen-bond donors (Lipinski definition) is 1. The summed E-state index contributed by atoms with van der Waals surface area (Å²) in [7, 11) is 0. The van der Waals surface area contributed by atoms with Crippen LogP contribution in [0.25, 0.3) is 0 Å². The van der Waals surface area contributed by atoms with Crippen LogP contribution in [-0.2, 0) is 6.54 Å². The van der Waals surface area contributed by atoms with E-state index in [-0.39, 0.29) is 5.69 Å². The molecule has 0 fully saturated rings. The molecular weight excluding hydrogens is 260 g/mol. The molecule has 0 saturated heterocycles. The third-order valence-electron chi connectivity index (χ3n) is 1.71. The van der Waals surface area contributed by atoms with Crippen LogP contribution in [-0.4, -0.2) is 11.5 Å². The highest BCUT2D eigenvalue weighted by Gasteiger charge is 2.07. The van der Waals surface area contributed by atoms with E-state index in [4.69, 9.17) is 6.42 Å². The molecular formula is C10H9BrN2O2. The van der Waals surface area contributed by atoms with E-state index in [1.165, 1.54) is 12.1 Å². The molecule has 0 aliphatic rings. The molecule has 0 heterocycles. The van der Waals surface area contributed by atoms with E-state index >= 15 is 0 Å². The smallest absolute Gasteiger partial charge is 0.270 e. The molecule has 5 heteroatoms. The Morgan fingerprint density at radius 2 is 2.27 bits per heavy atom. The van der Waals surface area contributed by atoms with Crippen molar-refractivity contribution < 1.29 is 4.92 Å². The fourth-order valence-corrected chi connectivity index (χ4v) is 1.65. The van der Waals surface area contributed by atoms with E-state index < -0.39 is 4.92 Å². The van der Waals surface area contributed by atoms with Crippen molar-refractivity contribution in [1.29, 1.82) is 0 Å².